The molecule has 2 amide bonds. The molecule has 2 aromatic rings. The first-order chi connectivity index (χ1) is 18.1. The third-order valence-electron chi connectivity index (χ3n) is 4.08. The third-order valence-corrected chi connectivity index (χ3v) is 4.08. The zero-order chi connectivity index (χ0) is 29.2. The topological polar surface area (TPSA) is 129 Å². The van der Waals surface area contributed by atoms with E-state index in [1.54, 1.807) is 0 Å². The van der Waals surface area contributed by atoms with Crippen LogP contribution in [0.2, 0.25) is 0 Å². The zero-order valence-electron chi connectivity index (χ0n) is 19.6. The van der Waals surface area contributed by atoms with Crippen molar-refractivity contribution in [2.75, 3.05) is 23.8 Å². The van der Waals surface area contributed by atoms with Gasteiger partial charge in [0, 0.05) is 23.0 Å². The van der Waals surface area contributed by atoms with Crippen LogP contribution in [0, 0.1) is 0 Å². The molecule has 2 aromatic carbocycles. The molecule has 10 nitrogen and oxygen atoms in total. The van der Waals surface area contributed by atoms with Crippen molar-refractivity contribution in [1.82, 2.24) is 0 Å². The van der Waals surface area contributed by atoms with E-state index in [0.717, 1.165) is 55.5 Å². The smallest absolute Gasteiger partial charge is 0.452 e. The molecule has 0 aromatic heterocycles. The lowest BCUT2D eigenvalue weighted by Gasteiger charge is -2.10. The predicted octanol–water partition coefficient (Wildman–Crippen LogP) is 4.09. The van der Waals surface area contributed by atoms with Gasteiger partial charge in [0.05, 0.1) is 0 Å². The van der Waals surface area contributed by atoms with Gasteiger partial charge in [0.25, 0.3) is 11.8 Å². The first-order valence-corrected chi connectivity index (χ1v) is 10.4. The van der Waals surface area contributed by atoms with Crippen molar-refractivity contribution < 1.29 is 64.5 Å². The number of carbonyl (C=O) groups excluding carboxylic acids is 4. The number of benzene rings is 2. The fraction of sp³-hybridized carbons (Fsp3) is 0.217. The van der Waals surface area contributed by atoms with Crippen molar-refractivity contribution in [3.63, 3.8) is 0 Å². The van der Waals surface area contributed by atoms with Crippen molar-refractivity contribution in [3.8, 4) is 11.5 Å². The fourth-order valence-corrected chi connectivity index (χ4v) is 2.53. The predicted molar refractivity (Wildman–Crippen MR) is 119 cm³/mol. The van der Waals surface area contributed by atoms with E-state index >= 15 is 0 Å². The second-order valence-corrected chi connectivity index (χ2v) is 7.25. The molecule has 0 radical (unpaired) electrons. The van der Waals surface area contributed by atoms with Crippen LogP contribution >= 0.6 is 0 Å². The summed E-state index contributed by atoms with van der Waals surface area (Å²) in [5.41, 5.74) is -0.114. The number of rotatable bonds is 10. The van der Waals surface area contributed by atoms with Crippen LogP contribution in [-0.2, 0) is 28.7 Å². The van der Waals surface area contributed by atoms with Gasteiger partial charge in [-0.2, -0.15) is 0 Å². The van der Waals surface area contributed by atoms with Crippen molar-refractivity contribution >= 4 is 35.1 Å². The van der Waals surface area contributed by atoms with E-state index in [-0.39, 0.29) is 16.9 Å². The first kappa shape index (κ1) is 30.5. The second-order valence-electron chi connectivity index (χ2n) is 7.25. The van der Waals surface area contributed by atoms with E-state index in [1.807, 2.05) is 0 Å². The lowest BCUT2D eigenvalue weighted by molar-refractivity contribution is -0.275. The monoisotopic (exact) mass is 564 g/mol. The van der Waals surface area contributed by atoms with Gasteiger partial charge in [-0.15, -0.1) is 26.3 Å². The summed E-state index contributed by atoms with van der Waals surface area (Å²) in [5.74, 6) is -4.88. The maximum atomic E-state index is 12.2. The maximum absolute atomic E-state index is 12.2. The molecule has 0 aliphatic carbocycles. The molecule has 0 unspecified atom stereocenters. The Labute approximate surface area is 215 Å². The minimum atomic E-state index is -4.88. The number of amides is 2. The van der Waals surface area contributed by atoms with Crippen LogP contribution in [0.15, 0.2) is 60.2 Å². The van der Waals surface area contributed by atoms with E-state index in [9.17, 15) is 45.5 Å². The summed E-state index contributed by atoms with van der Waals surface area (Å²) in [6, 6.07) is 8.30. The summed E-state index contributed by atoms with van der Waals surface area (Å²) < 4.78 is 89.7. The van der Waals surface area contributed by atoms with E-state index in [2.05, 4.69) is 24.8 Å². The molecule has 16 heteroatoms. The Morgan fingerprint density at radius 2 is 1.08 bits per heavy atom. The number of hydrogen-bond donors (Lipinski definition) is 2. The van der Waals surface area contributed by atoms with Crippen LogP contribution < -0.4 is 20.1 Å². The summed E-state index contributed by atoms with van der Waals surface area (Å²) in [5, 5.41) is 4.53. The maximum Gasteiger partial charge on any atom is 0.573 e. The summed E-state index contributed by atoms with van der Waals surface area (Å²) in [4.78, 5) is 47.5. The zero-order valence-corrected chi connectivity index (χ0v) is 19.6. The number of esters is 2. The van der Waals surface area contributed by atoms with Crippen LogP contribution in [0.3, 0.4) is 0 Å². The van der Waals surface area contributed by atoms with Crippen molar-refractivity contribution in [2.45, 2.75) is 19.6 Å². The third kappa shape index (κ3) is 12.4. The minimum Gasteiger partial charge on any atom is -0.452 e. The van der Waals surface area contributed by atoms with E-state index in [0.29, 0.717) is 6.08 Å². The highest BCUT2D eigenvalue weighted by Gasteiger charge is 2.31. The molecule has 0 heterocycles. The van der Waals surface area contributed by atoms with Crippen LogP contribution in [0.5, 0.6) is 11.5 Å². The van der Waals surface area contributed by atoms with Crippen LogP contribution in [-0.4, -0.2) is 49.7 Å². The van der Waals surface area contributed by atoms with E-state index in [4.69, 9.17) is 4.74 Å². The van der Waals surface area contributed by atoms with Crippen LogP contribution in [0.1, 0.15) is 6.92 Å². The molecule has 2 N–H and O–H groups in total. The molecule has 210 valence electrons. The molecular formula is C23H18F6N2O8. The Balaban J connectivity index is 1.74. The Hall–Kier alpha value is -4.76. The molecule has 0 saturated carbocycles. The molecule has 0 aliphatic rings. The fourth-order valence-electron chi connectivity index (χ4n) is 2.53. The van der Waals surface area contributed by atoms with Gasteiger partial charge < -0.3 is 29.6 Å². The Morgan fingerprint density at radius 1 is 0.692 bits per heavy atom. The number of ether oxygens (including phenoxy) is 4. The molecule has 0 saturated heterocycles. The Morgan fingerprint density at radius 3 is 1.46 bits per heavy atom. The van der Waals surface area contributed by atoms with Gasteiger partial charge >= 0.3 is 24.7 Å². The molecular weight excluding hydrogens is 546 g/mol. The molecule has 0 bridgehead atoms. The number of anilines is 2. The average molecular weight is 564 g/mol. The normalized spacial score (nSPS) is 11.7. The number of alkyl halides is 6. The van der Waals surface area contributed by atoms with E-state index < -0.39 is 61.2 Å². The van der Waals surface area contributed by atoms with E-state index in [1.165, 1.54) is 0 Å². The summed E-state index contributed by atoms with van der Waals surface area (Å²) in [7, 11) is 0. The quantitative estimate of drug-likeness (QED) is 0.251. The standard InChI is InChI=1S/C23H18F6N2O8/c1-13(21(35)37-12-19(33)31-15-4-8-17(9-5-15)39-23(27,28)29)10-20(34)36-11-18(32)30-14-2-6-16(7-3-14)38-22(24,25)26/h2-10H,11-12H2,1H3,(H,30,32)(H,31,33)/b13-10+. The van der Waals surface area contributed by atoms with Gasteiger partial charge in [-0.3, -0.25) is 9.59 Å². The lowest BCUT2D eigenvalue weighted by Crippen LogP contribution is -2.22. The van der Waals surface area contributed by atoms with Crippen molar-refractivity contribution in [2.24, 2.45) is 0 Å². The Bertz CT molecular complexity index is 1210. The molecule has 39 heavy (non-hydrogen) atoms. The minimum absolute atomic E-state index is 0.0877. The number of nitrogens with one attached hydrogen (secondary N) is 2. The largest absolute Gasteiger partial charge is 0.573 e. The molecule has 0 spiro atoms. The van der Waals surface area contributed by atoms with Gasteiger partial charge in [-0.05, 0) is 55.5 Å². The summed E-state index contributed by atoms with van der Waals surface area (Å²) in [6.45, 7) is -0.436. The molecule has 0 atom stereocenters. The van der Waals surface area contributed by atoms with Gasteiger partial charge in [0.2, 0.25) is 0 Å². The Kier molecular flexibility index (Phi) is 10.3. The van der Waals surface area contributed by atoms with Crippen LogP contribution in [0.25, 0.3) is 0 Å². The average Bonchev–Trinajstić information content (AvgIpc) is 2.82. The van der Waals surface area contributed by atoms with Gasteiger partial charge in [0.15, 0.2) is 13.2 Å². The SMILES string of the molecule is C/C(=C\C(=O)OCC(=O)Nc1ccc(OC(F)(F)F)cc1)C(=O)OCC(=O)Nc1ccc(OC(F)(F)F)cc1. The molecule has 0 aliphatic heterocycles. The second kappa shape index (κ2) is 13.2. The highest BCUT2D eigenvalue weighted by Crippen LogP contribution is 2.25. The summed E-state index contributed by atoms with van der Waals surface area (Å²) in [6.07, 6.45) is -9.06. The molecule has 2 rings (SSSR count). The van der Waals surface area contributed by atoms with Gasteiger partial charge in [-0.1, -0.05) is 0 Å². The molecule has 0 fully saturated rings. The number of halogens is 6. The van der Waals surface area contributed by atoms with Crippen LogP contribution in [0.4, 0.5) is 37.7 Å². The van der Waals surface area contributed by atoms with Crippen molar-refractivity contribution in [1.29, 1.82) is 0 Å². The lowest BCUT2D eigenvalue weighted by atomic mass is 10.3. The first-order valence-electron chi connectivity index (χ1n) is 10.4. The number of hydrogen-bond acceptors (Lipinski definition) is 8. The number of carbonyl (C=O) groups is 4. The summed E-state index contributed by atoms with van der Waals surface area (Å²) >= 11 is 0. The highest BCUT2D eigenvalue weighted by atomic mass is 19.4. The van der Waals surface area contributed by atoms with Gasteiger partial charge in [-0.25, -0.2) is 9.59 Å². The van der Waals surface area contributed by atoms with Crippen molar-refractivity contribution in [3.05, 3.63) is 60.2 Å². The highest BCUT2D eigenvalue weighted by molar-refractivity contribution is 5.99. The van der Waals surface area contributed by atoms with Gasteiger partial charge in [0.1, 0.15) is 11.5 Å².